The van der Waals surface area contributed by atoms with Gasteiger partial charge in [0.25, 0.3) is 0 Å². The molecule has 0 fully saturated rings. The zero-order valence-corrected chi connectivity index (χ0v) is 11.8. The number of hydrogen-bond donors (Lipinski definition) is 1. The second-order valence-electron chi connectivity index (χ2n) is 3.78. The van der Waals surface area contributed by atoms with Gasteiger partial charge in [-0.15, -0.1) is 11.3 Å². The molecule has 0 radical (unpaired) electrons. The van der Waals surface area contributed by atoms with Crippen LogP contribution < -0.4 is 5.32 Å². The maximum absolute atomic E-state index is 5.72. The Hall–Kier alpha value is -1.17. The van der Waals surface area contributed by atoms with Crippen LogP contribution in [0.15, 0.2) is 24.5 Å². The highest BCUT2D eigenvalue weighted by atomic mass is 35.5. The van der Waals surface area contributed by atoms with Gasteiger partial charge in [0, 0.05) is 23.4 Å². The Kier molecular flexibility index (Phi) is 4.52. The van der Waals surface area contributed by atoms with Crippen molar-refractivity contribution in [2.75, 3.05) is 19.0 Å². The van der Waals surface area contributed by atoms with Gasteiger partial charge in [0.15, 0.2) is 0 Å². The van der Waals surface area contributed by atoms with Crippen molar-refractivity contribution >= 4 is 28.9 Å². The van der Waals surface area contributed by atoms with E-state index in [0.717, 1.165) is 0 Å². The van der Waals surface area contributed by atoms with Crippen molar-refractivity contribution in [3.05, 3.63) is 39.3 Å². The lowest BCUT2D eigenvalue weighted by Gasteiger charge is -2.14. The maximum atomic E-state index is 5.72. The van der Waals surface area contributed by atoms with E-state index < -0.39 is 0 Å². The monoisotopic (exact) mass is 283 g/mol. The summed E-state index contributed by atoms with van der Waals surface area (Å²) in [6.45, 7) is 2.70. The number of methoxy groups -OCH3 is 1. The van der Waals surface area contributed by atoms with Gasteiger partial charge >= 0.3 is 0 Å². The van der Waals surface area contributed by atoms with Crippen LogP contribution in [0.5, 0.6) is 0 Å². The van der Waals surface area contributed by atoms with E-state index in [1.807, 2.05) is 0 Å². The number of ether oxygens (including phenoxy) is 1. The molecule has 0 bridgehead atoms. The molecule has 0 amide bonds. The third-order valence-electron chi connectivity index (χ3n) is 2.43. The Morgan fingerprint density at radius 3 is 2.67 bits per heavy atom. The Bertz CT molecular complexity index is 500. The van der Waals surface area contributed by atoms with Gasteiger partial charge < -0.3 is 10.1 Å². The molecule has 2 aromatic heterocycles. The molecule has 0 aromatic carbocycles. The van der Waals surface area contributed by atoms with Crippen molar-refractivity contribution < 1.29 is 4.74 Å². The number of aryl methyl sites for hydroxylation is 1. The Morgan fingerprint density at radius 1 is 1.39 bits per heavy atom. The van der Waals surface area contributed by atoms with Crippen LogP contribution in [-0.4, -0.2) is 23.6 Å². The minimum Gasteiger partial charge on any atom is -0.374 e. The first-order chi connectivity index (χ1) is 8.69. The van der Waals surface area contributed by atoms with Gasteiger partial charge in [0.1, 0.15) is 6.10 Å². The van der Waals surface area contributed by atoms with Crippen LogP contribution >= 0.6 is 22.9 Å². The number of hydrogen-bond acceptors (Lipinski definition) is 5. The van der Waals surface area contributed by atoms with Crippen molar-refractivity contribution in [3.8, 4) is 0 Å². The van der Waals surface area contributed by atoms with Crippen LogP contribution in [0.1, 0.15) is 15.9 Å². The van der Waals surface area contributed by atoms with Crippen LogP contribution in [0, 0.1) is 6.92 Å². The van der Waals surface area contributed by atoms with Gasteiger partial charge in [-0.3, -0.25) is 0 Å². The standard InChI is InChI=1S/C12H14ClN3OS/c1-8-3-4-11(18-8)10(17-2)7-16-12-14-5-9(13)6-15-12/h3-6,10H,7H2,1-2H3,(H,14,15,16). The molecule has 1 atom stereocenters. The second kappa shape index (κ2) is 6.13. The van der Waals surface area contributed by atoms with Crippen molar-refractivity contribution in [2.24, 2.45) is 0 Å². The van der Waals surface area contributed by atoms with Crippen LogP contribution in [0.25, 0.3) is 0 Å². The van der Waals surface area contributed by atoms with Crippen LogP contribution in [0.2, 0.25) is 5.02 Å². The summed E-state index contributed by atoms with van der Waals surface area (Å²) in [6, 6.07) is 4.17. The van der Waals surface area contributed by atoms with E-state index >= 15 is 0 Å². The lowest BCUT2D eigenvalue weighted by molar-refractivity contribution is 0.117. The molecule has 0 aliphatic heterocycles. The Morgan fingerprint density at radius 2 is 2.11 bits per heavy atom. The zero-order chi connectivity index (χ0) is 13.0. The largest absolute Gasteiger partial charge is 0.374 e. The predicted molar refractivity (Wildman–Crippen MR) is 74.3 cm³/mol. The molecular weight excluding hydrogens is 270 g/mol. The molecule has 1 unspecified atom stereocenters. The molecule has 0 aliphatic rings. The first-order valence-electron chi connectivity index (χ1n) is 5.49. The lowest BCUT2D eigenvalue weighted by Crippen LogP contribution is -2.14. The minimum absolute atomic E-state index is 0.00276. The Labute approximate surface area is 115 Å². The van der Waals surface area contributed by atoms with Gasteiger partial charge in [-0.25, -0.2) is 9.97 Å². The summed E-state index contributed by atoms with van der Waals surface area (Å²) in [7, 11) is 1.70. The SMILES string of the molecule is COC(CNc1ncc(Cl)cn1)c1ccc(C)s1. The highest BCUT2D eigenvalue weighted by Crippen LogP contribution is 2.25. The summed E-state index contributed by atoms with van der Waals surface area (Å²) < 4.78 is 5.46. The summed E-state index contributed by atoms with van der Waals surface area (Å²) in [5, 5.41) is 3.66. The number of halogens is 1. The molecule has 0 spiro atoms. The van der Waals surface area contributed by atoms with Gasteiger partial charge in [-0.2, -0.15) is 0 Å². The summed E-state index contributed by atoms with van der Waals surface area (Å²) in [5.41, 5.74) is 0. The van der Waals surface area contributed by atoms with E-state index in [1.54, 1.807) is 30.8 Å². The van der Waals surface area contributed by atoms with Crippen LogP contribution in [0.3, 0.4) is 0 Å². The van der Waals surface area contributed by atoms with Gasteiger partial charge in [0.2, 0.25) is 5.95 Å². The molecule has 2 heterocycles. The molecule has 96 valence electrons. The highest BCUT2D eigenvalue weighted by molar-refractivity contribution is 7.12. The summed E-state index contributed by atoms with van der Waals surface area (Å²) in [5.74, 6) is 0.551. The molecule has 0 saturated carbocycles. The molecule has 0 saturated heterocycles. The Balaban J connectivity index is 1.97. The molecular formula is C12H14ClN3OS. The third kappa shape index (κ3) is 3.41. The second-order valence-corrected chi connectivity index (χ2v) is 5.53. The zero-order valence-electron chi connectivity index (χ0n) is 10.2. The highest BCUT2D eigenvalue weighted by Gasteiger charge is 2.12. The lowest BCUT2D eigenvalue weighted by atomic mass is 10.3. The predicted octanol–water partition coefficient (Wildman–Crippen LogP) is 3.30. The number of nitrogens with zero attached hydrogens (tertiary/aromatic N) is 2. The molecule has 18 heavy (non-hydrogen) atoms. The summed E-state index contributed by atoms with van der Waals surface area (Å²) >= 11 is 7.46. The number of rotatable bonds is 5. The molecule has 4 nitrogen and oxygen atoms in total. The topological polar surface area (TPSA) is 47.0 Å². The fraction of sp³-hybridized carbons (Fsp3) is 0.333. The average Bonchev–Trinajstić information content (AvgIpc) is 2.79. The fourth-order valence-electron chi connectivity index (χ4n) is 1.51. The summed E-state index contributed by atoms with van der Waals surface area (Å²) in [4.78, 5) is 10.6. The van der Waals surface area contributed by atoms with E-state index in [1.165, 1.54) is 9.75 Å². The number of nitrogens with one attached hydrogen (secondary N) is 1. The first-order valence-corrected chi connectivity index (χ1v) is 6.69. The van der Waals surface area contributed by atoms with Crippen LogP contribution in [-0.2, 0) is 4.74 Å². The van der Waals surface area contributed by atoms with E-state index in [2.05, 4.69) is 34.3 Å². The first kappa shape index (κ1) is 13.3. The minimum atomic E-state index is 0.00276. The third-order valence-corrected chi connectivity index (χ3v) is 3.72. The van der Waals surface area contributed by atoms with Crippen molar-refractivity contribution in [2.45, 2.75) is 13.0 Å². The smallest absolute Gasteiger partial charge is 0.222 e. The van der Waals surface area contributed by atoms with E-state index in [4.69, 9.17) is 16.3 Å². The van der Waals surface area contributed by atoms with E-state index in [9.17, 15) is 0 Å². The van der Waals surface area contributed by atoms with Gasteiger partial charge in [0.05, 0.1) is 17.4 Å². The molecule has 2 aromatic rings. The van der Waals surface area contributed by atoms with Crippen molar-refractivity contribution in [1.29, 1.82) is 0 Å². The quantitative estimate of drug-likeness (QED) is 0.915. The van der Waals surface area contributed by atoms with Crippen molar-refractivity contribution in [1.82, 2.24) is 9.97 Å². The van der Waals surface area contributed by atoms with Crippen molar-refractivity contribution in [3.63, 3.8) is 0 Å². The van der Waals surface area contributed by atoms with Gasteiger partial charge in [-0.05, 0) is 19.1 Å². The van der Waals surface area contributed by atoms with Gasteiger partial charge in [-0.1, -0.05) is 11.6 Å². The summed E-state index contributed by atoms with van der Waals surface area (Å²) in [6.07, 6.45) is 3.13. The van der Waals surface area contributed by atoms with E-state index in [-0.39, 0.29) is 6.10 Å². The molecule has 2 rings (SSSR count). The number of thiophene rings is 1. The molecule has 0 aliphatic carbocycles. The fourth-order valence-corrected chi connectivity index (χ4v) is 2.57. The van der Waals surface area contributed by atoms with Crippen LogP contribution in [0.4, 0.5) is 5.95 Å². The number of aromatic nitrogens is 2. The normalized spacial score (nSPS) is 12.4. The number of anilines is 1. The maximum Gasteiger partial charge on any atom is 0.222 e. The average molecular weight is 284 g/mol. The molecule has 1 N–H and O–H groups in total. The van der Waals surface area contributed by atoms with E-state index in [0.29, 0.717) is 17.5 Å². The molecule has 6 heteroatoms.